The fourth-order valence-corrected chi connectivity index (χ4v) is 1.75. The lowest BCUT2D eigenvalue weighted by Gasteiger charge is -2.09. The molecule has 0 radical (unpaired) electrons. The third-order valence-electron chi connectivity index (χ3n) is 2.37. The molecule has 0 aliphatic carbocycles. The lowest BCUT2D eigenvalue weighted by Crippen LogP contribution is -2.17. The minimum absolute atomic E-state index is 0.352. The van der Waals surface area contributed by atoms with Gasteiger partial charge in [0.15, 0.2) is 0 Å². The zero-order valence-corrected chi connectivity index (χ0v) is 9.42. The molecule has 0 atom stereocenters. The number of pyridine rings is 1. The molecule has 1 aromatic rings. The number of aryl methyl sites for hydroxylation is 2. The number of nitrogens with zero attached hydrogens (tertiary/aromatic N) is 1. The fraction of sp³-hybridized carbons (Fsp3) is 0.500. The van der Waals surface area contributed by atoms with Crippen LogP contribution in [0.3, 0.4) is 0 Å². The third-order valence-corrected chi connectivity index (χ3v) is 2.37. The van der Waals surface area contributed by atoms with E-state index in [0.717, 1.165) is 36.9 Å². The second-order valence-corrected chi connectivity index (χ2v) is 3.66. The molecule has 0 unspecified atom stereocenters. The molecule has 3 heteroatoms. The Balaban J connectivity index is 3.15. The number of amides is 1. The van der Waals surface area contributed by atoms with Crippen molar-refractivity contribution in [2.45, 2.75) is 39.5 Å². The first-order chi connectivity index (χ1) is 7.20. The Labute approximate surface area is 90.7 Å². The number of hydrogen-bond donors (Lipinski definition) is 1. The summed E-state index contributed by atoms with van der Waals surface area (Å²) in [7, 11) is 0. The molecule has 0 aliphatic rings. The van der Waals surface area contributed by atoms with E-state index < -0.39 is 0 Å². The van der Waals surface area contributed by atoms with Crippen LogP contribution in [0.1, 0.15) is 48.3 Å². The van der Waals surface area contributed by atoms with Crippen molar-refractivity contribution < 1.29 is 4.79 Å². The number of carbonyl (C=O) groups excluding carboxylic acids is 1. The van der Waals surface area contributed by atoms with Gasteiger partial charge < -0.3 is 5.73 Å². The first kappa shape index (κ1) is 11.7. The standard InChI is InChI=1S/C12H18N2O/c1-3-5-9-7-8-14-10(6-4-2)11(9)12(13)15/h7-8H,3-6H2,1-2H3,(H2,13,15). The Morgan fingerprint density at radius 3 is 2.53 bits per heavy atom. The summed E-state index contributed by atoms with van der Waals surface area (Å²) in [6.07, 6.45) is 5.45. The van der Waals surface area contributed by atoms with E-state index in [2.05, 4.69) is 18.8 Å². The van der Waals surface area contributed by atoms with Gasteiger partial charge in [0.05, 0.1) is 11.3 Å². The van der Waals surface area contributed by atoms with E-state index in [4.69, 9.17) is 5.73 Å². The zero-order valence-electron chi connectivity index (χ0n) is 9.42. The van der Waals surface area contributed by atoms with E-state index in [9.17, 15) is 4.79 Å². The summed E-state index contributed by atoms with van der Waals surface area (Å²) < 4.78 is 0. The third kappa shape index (κ3) is 2.78. The van der Waals surface area contributed by atoms with Gasteiger partial charge in [-0.2, -0.15) is 0 Å². The summed E-state index contributed by atoms with van der Waals surface area (Å²) in [5.74, 6) is -0.352. The van der Waals surface area contributed by atoms with Gasteiger partial charge in [0, 0.05) is 6.20 Å². The molecule has 82 valence electrons. The Morgan fingerprint density at radius 1 is 1.33 bits per heavy atom. The molecule has 0 bridgehead atoms. The summed E-state index contributed by atoms with van der Waals surface area (Å²) in [6.45, 7) is 4.16. The lowest BCUT2D eigenvalue weighted by molar-refractivity contribution is 0.0998. The van der Waals surface area contributed by atoms with Crippen molar-refractivity contribution in [3.63, 3.8) is 0 Å². The molecule has 3 nitrogen and oxygen atoms in total. The van der Waals surface area contributed by atoms with E-state index in [0.29, 0.717) is 5.56 Å². The van der Waals surface area contributed by atoms with Gasteiger partial charge in [-0.3, -0.25) is 9.78 Å². The van der Waals surface area contributed by atoms with Crippen LogP contribution in [0.4, 0.5) is 0 Å². The molecule has 0 aliphatic heterocycles. The Morgan fingerprint density at radius 2 is 2.00 bits per heavy atom. The Bertz CT molecular complexity index is 323. The number of primary amides is 1. The average molecular weight is 206 g/mol. The van der Waals surface area contributed by atoms with Crippen LogP contribution in [0.2, 0.25) is 0 Å². The van der Waals surface area contributed by atoms with Crippen LogP contribution < -0.4 is 5.73 Å². The van der Waals surface area contributed by atoms with Crippen molar-refractivity contribution in [2.75, 3.05) is 0 Å². The highest BCUT2D eigenvalue weighted by Gasteiger charge is 2.13. The minimum atomic E-state index is -0.352. The molecule has 0 fully saturated rings. The van der Waals surface area contributed by atoms with Crippen LogP contribution >= 0.6 is 0 Å². The minimum Gasteiger partial charge on any atom is -0.366 e. The predicted octanol–water partition coefficient (Wildman–Crippen LogP) is 2.09. The normalized spacial score (nSPS) is 10.3. The maximum Gasteiger partial charge on any atom is 0.250 e. The average Bonchev–Trinajstić information content (AvgIpc) is 2.18. The molecular weight excluding hydrogens is 188 g/mol. The van der Waals surface area contributed by atoms with Gasteiger partial charge in [0.1, 0.15) is 0 Å². The molecule has 1 aromatic heterocycles. The van der Waals surface area contributed by atoms with Gasteiger partial charge >= 0.3 is 0 Å². The number of aromatic nitrogens is 1. The van der Waals surface area contributed by atoms with E-state index in [1.165, 1.54) is 0 Å². The van der Waals surface area contributed by atoms with Gasteiger partial charge in [-0.25, -0.2) is 0 Å². The number of hydrogen-bond acceptors (Lipinski definition) is 2. The number of nitrogens with two attached hydrogens (primary N) is 1. The smallest absolute Gasteiger partial charge is 0.250 e. The van der Waals surface area contributed by atoms with Crippen molar-refractivity contribution in [1.29, 1.82) is 0 Å². The monoisotopic (exact) mass is 206 g/mol. The van der Waals surface area contributed by atoms with E-state index in [-0.39, 0.29) is 5.91 Å². The Hall–Kier alpha value is -1.38. The summed E-state index contributed by atoms with van der Waals surface area (Å²) >= 11 is 0. The topological polar surface area (TPSA) is 56.0 Å². The van der Waals surface area contributed by atoms with Crippen molar-refractivity contribution in [1.82, 2.24) is 4.98 Å². The molecular formula is C12H18N2O. The summed E-state index contributed by atoms with van der Waals surface area (Å²) in [5, 5.41) is 0. The van der Waals surface area contributed by atoms with Crippen molar-refractivity contribution >= 4 is 5.91 Å². The molecule has 0 aromatic carbocycles. The SMILES string of the molecule is CCCc1ccnc(CCC)c1C(N)=O. The van der Waals surface area contributed by atoms with E-state index in [1.54, 1.807) is 6.20 Å². The largest absolute Gasteiger partial charge is 0.366 e. The van der Waals surface area contributed by atoms with E-state index in [1.807, 2.05) is 6.07 Å². The van der Waals surface area contributed by atoms with Gasteiger partial charge in [-0.15, -0.1) is 0 Å². The Kier molecular flexibility index (Phi) is 4.28. The van der Waals surface area contributed by atoms with Crippen LogP contribution in [0.25, 0.3) is 0 Å². The van der Waals surface area contributed by atoms with Crippen molar-refractivity contribution in [3.05, 3.63) is 29.1 Å². The molecule has 1 heterocycles. The second-order valence-electron chi connectivity index (χ2n) is 3.66. The van der Waals surface area contributed by atoms with Crippen molar-refractivity contribution in [3.8, 4) is 0 Å². The molecule has 0 saturated heterocycles. The fourth-order valence-electron chi connectivity index (χ4n) is 1.75. The van der Waals surface area contributed by atoms with E-state index >= 15 is 0 Å². The maximum absolute atomic E-state index is 11.4. The molecule has 0 saturated carbocycles. The first-order valence-electron chi connectivity index (χ1n) is 5.47. The van der Waals surface area contributed by atoms with Crippen LogP contribution in [-0.4, -0.2) is 10.9 Å². The summed E-state index contributed by atoms with van der Waals surface area (Å²) in [5.41, 5.74) is 7.91. The molecule has 2 N–H and O–H groups in total. The maximum atomic E-state index is 11.4. The molecule has 0 spiro atoms. The summed E-state index contributed by atoms with van der Waals surface area (Å²) in [6, 6.07) is 1.89. The lowest BCUT2D eigenvalue weighted by atomic mass is 10.00. The quantitative estimate of drug-likeness (QED) is 0.802. The first-order valence-corrected chi connectivity index (χ1v) is 5.47. The van der Waals surface area contributed by atoms with Gasteiger partial charge in [-0.1, -0.05) is 26.7 Å². The highest BCUT2D eigenvalue weighted by Crippen LogP contribution is 2.15. The van der Waals surface area contributed by atoms with Crippen LogP contribution in [0.15, 0.2) is 12.3 Å². The van der Waals surface area contributed by atoms with Crippen LogP contribution in [-0.2, 0) is 12.8 Å². The number of rotatable bonds is 5. The zero-order chi connectivity index (χ0) is 11.3. The summed E-state index contributed by atoms with van der Waals surface area (Å²) in [4.78, 5) is 15.6. The highest BCUT2D eigenvalue weighted by atomic mass is 16.1. The van der Waals surface area contributed by atoms with Gasteiger partial charge in [0.25, 0.3) is 5.91 Å². The number of carbonyl (C=O) groups is 1. The molecule has 1 amide bonds. The van der Waals surface area contributed by atoms with Gasteiger partial charge in [-0.05, 0) is 24.5 Å². The van der Waals surface area contributed by atoms with Crippen LogP contribution in [0.5, 0.6) is 0 Å². The van der Waals surface area contributed by atoms with Crippen molar-refractivity contribution in [2.24, 2.45) is 5.73 Å². The highest BCUT2D eigenvalue weighted by molar-refractivity contribution is 5.95. The van der Waals surface area contributed by atoms with Gasteiger partial charge in [0.2, 0.25) is 0 Å². The molecule has 1 rings (SSSR count). The second kappa shape index (κ2) is 5.49. The molecule has 15 heavy (non-hydrogen) atoms. The predicted molar refractivity (Wildman–Crippen MR) is 60.7 cm³/mol. The van der Waals surface area contributed by atoms with Crippen LogP contribution in [0, 0.1) is 0 Å².